The molecular formula is C17H11BrFN3O4. The highest BCUT2D eigenvalue weighted by atomic mass is 79.9. The van der Waals surface area contributed by atoms with Gasteiger partial charge < -0.3 is 4.57 Å². The van der Waals surface area contributed by atoms with Crippen molar-refractivity contribution in [3.8, 4) is 0 Å². The lowest BCUT2D eigenvalue weighted by Crippen LogP contribution is -2.60. The van der Waals surface area contributed by atoms with Crippen molar-refractivity contribution in [2.24, 2.45) is 0 Å². The smallest absolute Gasteiger partial charge is 0.277 e. The molecule has 0 saturated carbocycles. The summed E-state index contributed by atoms with van der Waals surface area (Å²) >= 11 is 3.14. The number of benzene rings is 1. The topological polar surface area (TPSA) is 88.5 Å². The van der Waals surface area contributed by atoms with E-state index in [1.165, 1.54) is 35.0 Å². The highest BCUT2D eigenvalue weighted by Gasteiger charge is 2.60. The molecule has 1 atom stereocenters. The summed E-state index contributed by atoms with van der Waals surface area (Å²) in [5.41, 5.74) is -1.64. The Hall–Kier alpha value is -2.81. The van der Waals surface area contributed by atoms with Crippen LogP contribution in [0.5, 0.6) is 0 Å². The first-order valence-electron chi connectivity index (χ1n) is 7.67. The predicted molar refractivity (Wildman–Crippen MR) is 89.2 cm³/mol. The molecule has 9 heteroatoms. The number of imide groups is 2. The molecule has 1 N–H and O–H groups in total. The third-order valence-electron chi connectivity index (χ3n) is 4.61. The molecule has 1 spiro atoms. The van der Waals surface area contributed by atoms with Crippen LogP contribution in [0.2, 0.25) is 0 Å². The molecule has 1 fully saturated rings. The lowest BCUT2D eigenvalue weighted by Gasteiger charge is -2.37. The van der Waals surface area contributed by atoms with Crippen molar-refractivity contribution >= 4 is 39.6 Å². The first-order chi connectivity index (χ1) is 12.3. The van der Waals surface area contributed by atoms with E-state index in [0.717, 1.165) is 4.90 Å². The van der Waals surface area contributed by atoms with Gasteiger partial charge in [-0.15, -0.1) is 0 Å². The summed E-state index contributed by atoms with van der Waals surface area (Å²) in [6.45, 7) is -0.342. The normalized spacial score (nSPS) is 22.2. The molecule has 0 aliphatic carbocycles. The lowest BCUT2D eigenvalue weighted by molar-refractivity contribution is -0.147. The Balaban J connectivity index is 1.82. The van der Waals surface area contributed by atoms with E-state index in [9.17, 15) is 23.6 Å². The zero-order valence-corrected chi connectivity index (χ0v) is 14.7. The van der Waals surface area contributed by atoms with Crippen LogP contribution in [0.4, 0.5) is 4.39 Å². The molecule has 2 aliphatic heterocycles. The van der Waals surface area contributed by atoms with Crippen molar-refractivity contribution in [3.05, 3.63) is 58.1 Å². The van der Waals surface area contributed by atoms with Crippen LogP contribution in [-0.2, 0) is 26.5 Å². The number of carbonyl (C=O) groups excluding carboxylic acids is 4. The van der Waals surface area contributed by atoms with Gasteiger partial charge in [-0.3, -0.25) is 29.4 Å². The second kappa shape index (κ2) is 5.60. The quantitative estimate of drug-likeness (QED) is 0.587. The Kier molecular flexibility index (Phi) is 3.58. The molecule has 2 aromatic rings. The van der Waals surface area contributed by atoms with Gasteiger partial charge >= 0.3 is 0 Å². The van der Waals surface area contributed by atoms with E-state index in [0.29, 0.717) is 4.47 Å². The van der Waals surface area contributed by atoms with Crippen molar-refractivity contribution in [2.45, 2.75) is 18.5 Å². The average molecular weight is 420 g/mol. The second-order valence-electron chi connectivity index (χ2n) is 6.11. The van der Waals surface area contributed by atoms with Crippen LogP contribution in [0.3, 0.4) is 0 Å². The number of aromatic nitrogens is 1. The minimum Gasteiger partial charge on any atom is -0.320 e. The number of carbonyl (C=O) groups is 4. The van der Waals surface area contributed by atoms with Crippen LogP contribution in [0.25, 0.3) is 0 Å². The van der Waals surface area contributed by atoms with Gasteiger partial charge in [0.05, 0.1) is 13.0 Å². The molecule has 1 aromatic carbocycles. The van der Waals surface area contributed by atoms with Crippen molar-refractivity contribution < 1.29 is 23.6 Å². The van der Waals surface area contributed by atoms with Gasteiger partial charge in [-0.05, 0) is 24.3 Å². The van der Waals surface area contributed by atoms with E-state index in [1.807, 2.05) is 0 Å². The lowest BCUT2D eigenvalue weighted by atomic mass is 9.91. The van der Waals surface area contributed by atoms with Gasteiger partial charge in [0.25, 0.3) is 17.7 Å². The van der Waals surface area contributed by atoms with Gasteiger partial charge in [-0.1, -0.05) is 22.0 Å². The third-order valence-corrected chi connectivity index (χ3v) is 5.11. The minimum absolute atomic E-state index is 0.0898. The molecule has 0 unspecified atom stereocenters. The molecule has 1 saturated heterocycles. The number of rotatable bonds is 2. The predicted octanol–water partition coefficient (Wildman–Crippen LogP) is 1.31. The van der Waals surface area contributed by atoms with E-state index in [2.05, 4.69) is 21.2 Å². The van der Waals surface area contributed by atoms with Gasteiger partial charge in [0, 0.05) is 16.2 Å². The van der Waals surface area contributed by atoms with E-state index in [-0.39, 0.29) is 17.8 Å². The van der Waals surface area contributed by atoms with Crippen LogP contribution in [0.15, 0.2) is 41.0 Å². The van der Waals surface area contributed by atoms with Crippen LogP contribution in [-0.4, -0.2) is 33.1 Å². The highest BCUT2D eigenvalue weighted by Crippen LogP contribution is 2.36. The second-order valence-corrected chi connectivity index (χ2v) is 7.03. The minimum atomic E-state index is -1.85. The molecule has 26 heavy (non-hydrogen) atoms. The molecule has 0 radical (unpaired) electrons. The van der Waals surface area contributed by atoms with Gasteiger partial charge in [0.2, 0.25) is 11.4 Å². The number of halogens is 2. The average Bonchev–Trinajstić information content (AvgIpc) is 3.17. The van der Waals surface area contributed by atoms with Crippen LogP contribution >= 0.6 is 15.9 Å². The molecule has 4 rings (SSSR count). The molecule has 132 valence electrons. The van der Waals surface area contributed by atoms with Crippen molar-refractivity contribution in [1.82, 2.24) is 14.8 Å². The number of nitrogens with one attached hydrogen (secondary N) is 1. The zero-order valence-electron chi connectivity index (χ0n) is 13.2. The summed E-state index contributed by atoms with van der Waals surface area (Å²) in [5.74, 6) is -3.50. The van der Waals surface area contributed by atoms with E-state index in [4.69, 9.17) is 0 Å². The van der Waals surface area contributed by atoms with Crippen molar-refractivity contribution in [1.29, 1.82) is 0 Å². The number of fused-ring (bicyclic) bond motifs is 2. The Bertz CT molecular complexity index is 1000. The Morgan fingerprint density at radius 3 is 2.62 bits per heavy atom. The van der Waals surface area contributed by atoms with Gasteiger partial charge in [-0.25, -0.2) is 4.39 Å². The maximum absolute atomic E-state index is 14.2. The van der Waals surface area contributed by atoms with E-state index in [1.54, 1.807) is 6.07 Å². The summed E-state index contributed by atoms with van der Waals surface area (Å²) in [6.07, 6.45) is 1.01. The van der Waals surface area contributed by atoms with Crippen LogP contribution in [0.1, 0.15) is 22.5 Å². The summed E-state index contributed by atoms with van der Waals surface area (Å²) in [4.78, 5) is 50.9. The molecular weight excluding hydrogens is 409 g/mol. The SMILES string of the molecule is O=C1C[C@]2(C(=O)N1)C(=O)N(Cc1ccc(Br)cc1F)C(=O)c1cccn12. The summed E-state index contributed by atoms with van der Waals surface area (Å²) in [7, 11) is 0. The number of amides is 4. The van der Waals surface area contributed by atoms with Gasteiger partial charge in [0.15, 0.2) is 0 Å². The fourth-order valence-corrected chi connectivity index (χ4v) is 3.70. The first kappa shape index (κ1) is 16.6. The molecule has 2 aliphatic rings. The Morgan fingerprint density at radius 2 is 1.96 bits per heavy atom. The summed E-state index contributed by atoms with van der Waals surface area (Å²) < 4.78 is 15.9. The van der Waals surface area contributed by atoms with E-state index < -0.39 is 41.4 Å². The third kappa shape index (κ3) is 2.16. The van der Waals surface area contributed by atoms with Gasteiger partial charge in [-0.2, -0.15) is 0 Å². The van der Waals surface area contributed by atoms with Gasteiger partial charge in [0.1, 0.15) is 11.5 Å². The molecule has 7 nitrogen and oxygen atoms in total. The summed E-state index contributed by atoms with van der Waals surface area (Å²) in [6, 6.07) is 7.22. The highest BCUT2D eigenvalue weighted by molar-refractivity contribution is 9.10. The standard InChI is InChI=1S/C17H11BrFN3O4/c18-10-4-3-9(11(19)6-10)8-21-14(24)12-2-1-5-22(12)17(16(21)26)7-13(23)20-15(17)25/h1-6H,7-8H2,(H,20,23,25)/t17-/m0/s1. The first-order valence-corrected chi connectivity index (χ1v) is 8.46. The maximum atomic E-state index is 14.2. The molecule has 0 bridgehead atoms. The fourth-order valence-electron chi connectivity index (χ4n) is 3.36. The zero-order chi connectivity index (χ0) is 18.6. The molecule has 1 aromatic heterocycles. The Morgan fingerprint density at radius 1 is 1.19 bits per heavy atom. The van der Waals surface area contributed by atoms with Crippen LogP contribution in [0, 0.1) is 5.82 Å². The number of hydrogen-bond acceptors (Lipinski definition) is 4. The molecule has 3 heterocycles. The maximum Gasteiger partial charge on any atom is 0.277 e. The number of nitrogens with zero attached hydrogens (tertiary/aromatic N) is 2. The van der Waals surface area contributed by atoms with E-state index >= 15 is 0 Å². The largest absolute Gasteiger partial charge is 0.320 e. The van der Waals surface area contributed by atoms with Crippen molar-refractivity contribution in [3.63, 3.8) is 0 Å². The van der Waals surface area contributed by atoms with Crippen molar-refractivity contribution in [2.75, 3.05) is 0 Å². The Labute approximate surface area is 154 Å². The monoisotopic (exact) mass is 419 g/mol. The molecule has 4 amide bonds. The van der Waals surface area contributed by atoms with Crippen LogP contribution < -0.4 is 5.32 Å². The number of hydrogen-bond donors (Lipinski definition) is 1. The fraction of sp³-hybridized carbons (Fsp3) is 0.176. The summed E-state index contributed by atoms with van der Waals surface area (Å²) in [5, 5.41) is 2.12.